The molecule has 1 aromatic heterocycles. The van der Waals surface area contributed by atoms with Crippen LogP contribution in [-0.4, -0.2) is 18.4 Å². The van der Waals surface area contributed by atoms with E-state index in [2.05, 4.69) is 5.32 Å². The highest BCUT2D eigenvalue weighted by Gasteiger charge is 2.24. The second kappa shape index (κ2) is 6.48. The lowest BCUT2D eigenvalue weighted by atomic mass is 10.1. The number of para-hydroxylation sites is 3. The summed E-state index contributed by atoms with van der Waals surface area (Å²) < 4.78 is 5.22. The Balaban J connectivity index is 1.68. The number of carbonyl (C=O) groups excluding carboxylic acids is 2. The number of benzene rings is 2. The summed E-state index contributed by atoms with van der Waals surface area (Å²) in [6.45, 7) is 0.615. The van der Waals surface area contributed by atoms with E-state index >= 15 is 0 Å². The highest BCUT2D eigenvalue weighted by Crippen LogP contribution is 2.29. The summed E-state index contributed by atoms with van der Waals surface area (Å²) in [5.41, 5.74) is 0.771. The summed E-state index contributed by atoms with van der Waals surface area (Å²) in [5, 5.41) is 3.40. The van der Waals surface area contributed by atoms with E-state index in [1.165, 1.54) is 6.07 Å². The molecule has 3 aromatic rings. The van der Waals surface area contributed by atoms with E-state index in [9.17, 15) is 14.4 Å². The van der Waals surface area contributed by atoms with Crippen molar-refractivity contribution in [3.63, 3.8) is 0 Å². The minimum absolute atomic E-state index is 0.0249. The zero-order valence-electron chi connectivity index (χ0n) is 13.9. The normalized spacial score (nSPS) is 14.0. The van der Waals surface area contributed by atoms with E-state index in [0.717, 1.165) is 6.42 Å². The minimum Gasteiger partial charge on any atom is -0.422 e. The van der Waals surface area contributed by atoms with Crippen LogP contribution in [0.1, 0.15) is 23.2 Å². The lowest BCUT2D eigenvalue weighted by Gasteiger charge is -2.19. The zero-order chi connectivity index (χ0) is 18.1. The van der Waals surface area contributed by atoms with Crippen LogP contribution in [-0.2, 0) is 4.79 Å². The van der Waals surface area contributed by atoms with Crippen molar-refractivity contribution in [3.8, 4) is 0 Å². The van der Waals surface area contributed by atoms with Gasteiger partial charge in [0.1, 0.15) is 11.1 Å². The average Bonchev–Trinajstić information content (AvgIpc) is 3.07. The average molecular weight is 348 g/mol. The van der Waals surface area contributed by atoms with Crippen molar-refractivity contribution in [1.82, 2.24) is 0 Å². The molecule has 0 spiro atoms. The standard InChI is InChI=1S/C20H16N2O4/c23-18-10-5-11-22(18)16-8-3-2-7-15(16)21-19(24)14-12-13-6-1-4-9-17(13)26-20(14)25/h1-4,6-9,12H,5,10-11H2,(H,21,24). The van der Waals surface area contributed by atoms with Crippen molar-refractivity contribution in [3.05, 3.63) is 70.6 Å². The first kappa shape index (κ1) is 16.1. The molecule has 6 heteroatoms. The van der Waals surface area contributed by atoms with Gasteiger partial charge in [0.05, 0.1) is 11.4 Å². The number of rotatable bonds is 3. The number of nitrogens with one attached hydrogen (secondary N) is 1. The Labute approximate surface area is 149 Å². The van der Waals surface area contributed by atoms with Crippen molar-refractivity contribution in [2.24, 2.45) is 0 Å². The van der Waals surface area contributed by atoms with Crippen molar-refractivity contribution >= 4 is 34.2 Å². The molecule has 2 aromatic carbocycles. The van der Waals surface area contributed by atoms with Crippen LogP contribution in [0.25, 0.3) is 11.0 Å². The van der Waals surface area contributed by atoms with E-state index in [1.807, 2.05) is 0 Å². The second-order valence-corrected chi connectivity index (χ2v) is 6.11. The van der Waals surface area contributed by atoms with Crippen LogP contribution < -0.4 is 15.8 Å². The fraction of sp³-hybridized carbons (Fsp3) is 0.150. The predicted molar refractivity (Wildman–Crippen MR) is 98.5 cm³/mol. The van der Waals surface area contributed by atoms with E-state index in [4.69, 9.17) is 4.42 Å². The van der Waals surface area contributed by atoms with Crippen molar-refractivity contribution in [2.45, 2.75) is 12.8 Å². The molecule has 0 aliphatic carbocycles. The fourth-order valence-electron chi connectivity index (χ4n) is 3.13. The number of amides is 2. The monoisotopic (exact) mass is 348 g/mol. The number of carbonyl (C=O) groups is 2. The molecule has 4 rings (SSSR count). The van der Waals surface area contributed by atoms with Gasteiger partial charge in [-0.1, -0.05) is 30.3 Å². The third kappa shape index (κ3) is 2.86. The van der Waals surface area contributed by atoms with Gasteiger partial charge in [-0.3, -0.25) is 9.59 Å². The third-order valence-electron chi connectivity index (χ3n) is 4.40. The zero-order valence-corrected chi connectivity index (χ0v) is 13.9. The number of anilines is 2. The van der Waals surface area contributed by atoms with Gasteiger partial charge < -0.3 is 14.6 Å². The fourth-order valence-corrected chi connectivity index (χ4v) is 3.13. The maximum absolute atomic E-state index is 12.7. The molecule has 1 aliphatic rings. The van der Waals surface area contributed by atoms with Crippen LogP contribution in [0.3, 0.4) is 0 Å². The SMILES string of the molecule is O=C(Nc1ccccc1N1CCCC1=O)c1cc2ccccc2oc1=O. The molecule has 1 fully saturated rings. The second-order valence-electron chi connectivity index (χ2n) is 6.11. The van der Waals surface area contributed by atoms with Gasteiger partial charge in [-0.2, -0.15) is 0 Å². The lowest BCUT2D eigenvalue weighted by Crippen LogP contribution is -2.26. The van der Waals surface area contributed by atoms with E-state index in [1.54, 1.807) is 53.4 Å². The molecule has 0 bridgehead atoms. The summed E-state index contributed by atoms with van der Waals surface area (Å²) in [4.78, 5) is 38.5. The number of hydrogen-bond donors (Lipinski definition) is 1. The van der Waals surface area contributed by atoms with Gasteiger partial charge in [0.2, 0.25) is 5.91 Å². The Morgan fingerprint density at radius 2 is 1.81 bits per heavy atom. The van der Waals surface area contributed by atoms with Crippen LogP contribution in [0.15, 0.2) is 63.8 Å². The molecular weight excluding hydrogens is 332 g/mol. The molecule has 1 aliphatic heterocycles. The van der Waals surface area contributed by atoms with Gasteiger partial charge in [-0.25, -0.2) is 4.79 Å². The molecule has 2 amide bonds. The maximum Gasteiger partial charge on any atom is 0.349 e. The molecule has 2 heterocycles. The van der Waals surface area contributed by atoms with Crippen LogP contribution >= 0.6 is 0 Å². The van der Waals surface area contributed by atoms with Crippen LogP contribution in [0.5, 0.6) is 0 Å². The molecule has 0 atom stereocenters. The molecule has 0 unspecified atom stereocenters. The quantitative estimate of drug-likeness (QED) is 0.737. The maximum atomic E-state index is 12.7. The van der Waals surface area contributed by atoms with Gasteiger partial charge in [-0.05, 0) is 30.7 Å². The summed E-state index contributed by atoms with van der Waals surface area (Å²) in [5.74, 6) is -0.541. The Hall–Kier alpha value is -3.41. The molecule has 1 N–H and O–H groups in total. The van der Waals surface area contributed by atoms with Crippen molar-refractivity contribution in [2.75, 3.05) is 16.8 Å². The first-order valence-electron chi connectivity index (χ1n) is 8.37. The summed E-state index contributed by atoms with van der Waals surface area (Å²) in [6.07, 6.45) is 1.28. The van der Waals surface area contributed by atoms with Crippen LogP contribution in [0, 0.1) is 0 Å². The number of hydrogen-bond acceptors (Lipinski definition) is 4. The lowest BCUT2D eigenvalue weighted by molar-refractivity contribution is -0.117. The Bertz CT molecular complexity index is 1070. The molecular formula is C20H16N2O4. The Morgan fingerprint density at radius 1 is 1.04 bits per heavy atom. The highest BCUT2D eigenvalue weighted by atomic mass is 16.4. The largest absolute Gasteiger partial charge is 0.422 e. The molecule has 0 saturated carbocycles. The van der Waals surface area contributed by atoms with Gasteiger partial charge in [-0.15, -0.1) is 0 Å². The molecule has 0 radical (unpaired) electrons. The summed E-state index contributed by atoms with van der Waals surface area (Å²) in [6, 6.07) is 15.6. The molecule has 26 heavy (non-hydrogen) atoms. The Morgan fingerprint density at radius 3 is 2.62 bits per heavy atom. The van der Waals surface area contributed by atoms with Gasteiger partial charge in [0.15, 0.2) is 0 Å². The van der Waals surface area contributed by atoms with Gasteiger partial charge in [0.25, 0.3) is 5.91 Å². The first-order chi connectivity index (χ1) is 12.6. The highest BCUT2D eigenvalue weighted by molar-refractivity contribution is 6.08. The van der Waals surface area contributed by atoms with Crippen molar-refractivity contribution in [1.29, 1.82) is 0 Å². The van der Waals surface area contributed by atoms with Crippen LogP contribution in [0.4, 0.5) is 11.4 Å². The number of fused-ring (bicyclic) bond motifs is 1. The van der Waals surface area contributed by atoms with E-state index < -0.39 is 11.5 Å². The van der Waals surface area contributed by atoms with Gasteiger partial charge >= 0.3 is 5.63 Å². The third-order valence-corrected chi connectivity index (χ3v) is 4.40. The van der Waals surface area contributed by atoms with E-state index in [-0.39, 0.29) is 11.5 Å². The van der Waals surface area contributed by atoms with Crippen molar-refractivity contribution < 1.29 is 14.0 Å². The van der Waals surface area contributed by atoms with E-state index in [0.29, 0.717) is 35.3 Å². The topological polar surface area (TPSA) is 79.6 Å². The summed E-state index contributed by atoms with van der Waals surface area (Å²) in [7, 11) is 0. The Kier molecular flexibility index (Phi) is 4.01. The minimum atomic E-state index is -0.698. The van der Waals surface area contributed by atoms with Crippen LogP contribution in [0.2, 0.25) is 0 Å². The first-order valence-corrected chi connectivity index (χ1v) is 8.37. The molecule has 6 nitrogen and oxygen atoms in total. The molecule has 130 valence electrons. The van der Waals surface area contributed by atoms with Gasteiger partial charge in [0, 0.05) is 18.4 Å². The molecule has 1 saturated heterocycles. The number of nitrogens with zero attached hydrogens (tertiary/aromatic N) is 1. The predicted octanol–water partition coefficient (Wildman–Crippen LogP) is 3.17. The smallest absolute Gasteiger partial charge is 0.349 e. The summed E-state index contributed by atoms with van der Waals surface area (Å²) >= 11 is 0.